The van der Waals surface area contributed by atoms with Crippen molar-refractivity contribution in [1.29, 1.82) is 0 Å². The molecular formula is C15H24N2O3S. The molecule has 1 aromatic carbocycles. The summed E-state index contributed by atoms with van der Waals surface area (Å²) in [5, 5.41) is 0. The van der Waals surface area contributed by atoms with Crippen LogP contribution in [0.3, 0.4) is 0 Å². The third-order valence-electron chi connectivity index (χ3n) is 4.08. The van der Waals surface area contributed by atoms with Gasteiger partial charge in [-0.05, 0) is 43.4 Å². The lowest BCUT2D eigenvalue weighted by molar-refractivity contribution is 0.181. The van der Waals surface area contributed by atoms with Crippen molar-refractivity contribution < 1.29 is 13.2 Å². The maximum atomic E-state index is 13.0. The summed E-state index contributed by atoms with van der Waals surface area (Å²) in [4.78, 5) is 0.350. The summed E-state index contributed by atoms with van der Waals surface area (Å²) in [6.45, 7) is 7.76. The van der Waals surface area contributed by atoms with Crippen LogP contribution in [0.2, 0.25) is 0 Å². The van der Waals surface area contributed by atoms with E-state index in [9.17, 15) is 8.42 Å². The third-order valence-corrected chi connectivity index (χ3v) is 6.31. The van der Waals surface area contributed by atoms with Crippen molar-refractivity contribution >= 4 is 15.7 Å². The fourth-order valence-corrected chi connectivity index (χ4v) is 4.77. The Bertz CT molecular complexity index is 608. The van der Waals surface area contributed by atoms with Crippen LogP contribution in [0.25, 0.3) is 0 Å². The molecule has 0 spiro atoms. The molecule has 5 nitrogen and oxygen atoms in total. The van der Waals surface area contributed by atoms with Crippen LogP contribution in [0.15, 0.2) is 17.0 Å². The number of ether oxygens (including phenoxy) is 1. The Morgan fingerprint density at radius 3 is 2.67 bits per heavy atom. The molecule has 1 atom stereocenters. The van der Waals surface area contributed by atoms with E-state index in [1.807, 2.05) is 13.8 Å². The van der Waals surface area contributed by atoms with Gasteiger partial charge in [0.2, 0.25) is 10.0 Å². The molecule has 118 valence electrons. The maximum Gasteiger partial charge on any atom is 0.243 e. The molecule has 0 aromatic heterocycles. The lowest BCUT2D eigenvalue weighted by atomic mass is 10.1. The first-order chi connectivity index (χ1) is 9.87. The number of sulfonamides is 1. The highest BCUT2D eigenvalue weighted by Gasteiger charge is 2.30. The summed E-state index contributed by atoms with van der Waals surface area (Å²) < 4.78 is 32.8. The molecule has 21 heavy (non-hydrogen) atoms. The Balaban J connectivity index is 2.37. The van der Waals surface area contributed by atoms with E-state index in [1.54, 1.807) is 23.4 Å². The summed E-state index contributed by atoms with van der Waals surface area (Å²) in [6.07, 6.45) is 0.918. The summed E-state index contributed by atoms with van der Waals surface area (Å²) in [6, 6.07) is 3.52. The van der Waals surface area contributed by atoms with E-state index in [0.29, 0.717) is 35.8 Å². The van der Waals surface area contributed by atoms with E-state index in [-0.39, 0.29) is 5.92 Å². The van der Waals surface area contributed by atoms with Crippen LogP contribution in [0.5, 0.6) is 0 Å². The number of anilines is 1. The monoisotopic (exact) mass is 312 g/mol. The topological polar surface area (TPSA) is 72.6 Å². The molecule has 2 rings (SSSR count). The Kier molecular flexibility index (Phi) is 4.91. The predicted molar refractivity (Wildman–Crippen MR) is 83.7 cm³/mol. The molecule has 1 aliphatic heterocycles. The highest BCUT2D eigenvalue weighted by Crippen LogP contribution is 2.28. The van der Waals surface area contributed by atoms with Crippen LogP contribution in [-0.4, -0.2) is 39.0 Å². The van der Waals surface area contributed by atoms with Crippen molar-refractivity contribution in [1.82, 2.24) is 4.31 Å². The summed E-state index contributed by atoms with van der Waals surface area (Å²) in [7, 11) is -3.52. The van der Waals surface area contributed by atoms with E-state index in [1.165, 1.54) is 0 Å². The second kappa shape index (κ2) is 6.34. The minimum Gasteiger partial charge on any atom is -0.398 e. The molecule has 1 fully saturated rings. The number of aryl methyl sites for hydroxylation is 1. The molecule has 0 saturated carbocycles. The van der Waals surface area contributed by atoms with Gasteiger partial charge >= 0.3 is 0 Å². The Labute approximate surface area is 127 Å². The average Bonchev–Trinajstić information content (AvgIpc) is 2.93. The van der Waals surface area contributed by atoms with Crippen LogP contribution in [0, 0.1) is 19.8 Å². The van der Waals surface area contributed by atoms with Gasteiger partial charge in [-0.3, -0.25) is 0 Å². The molecule has 1 aliphatic rings. The molecule has 2 N–H and O–H groups in total. The van der Waals surface area contributed by atoms with Gasteiger partial charge in [0.15, 0.2) is 0 Å². The SMILES string of the molecule is CCN(CC1CCOC1)S(=O)(=O)c1c(C)ccc(N)c1C. The fourth-order valence-electron chi connectivity index (χ4n) is 2.78. The fraction of sp³-hybridized carbons (Fsp3) is 0.600. The van der Waals surface area contributed by atoms with Gasteiger partial charge in [-0.25, -0.2) is 8.42 Å². The van der Waals surface area contributed by atoms with E-state index >= 15 is 0 Å². The lowest BCUT2D eigenvalue weighted by Gasteiger charge is -2.25. The normalized spacial score (nSPS) is 19.3. The zero-order valence-electron chi connectivity index (χ0n) is 12.9. The predicted octanol–water partition coefficient (Wildman–Crippen LogP) is 1.93. The number of benzene rings is 1. The number of rotatable bonds is 5. The molecule has 0 amide bonds. The van der Waals surface area contributed by atoms with Gasteiger partial charge in [-0.2, -0.15) is 4.31 Å². The molecule has 1 heterocycles. The zero-order valence-corrected chi connectivity index (χ0v) is 13.7. The second-order valence-corrected chi connectivity index (χ2v) is 7.49. The van der Waals surface area contributed by atoms with Crippen LogP contribution in [0.1, 0.15) is 24.5 Å². The Hall–Kier alpha value is -1.11. The number of nitrogens with two attached hydrogens (primary N) is 1. The van der Waals surface area contributed by atoms with Crippen molar-refractivity contribution in [3.63, 3.8) is 0 Å². The Morgan fingerprint density at radius 1 is 1.38 bits per heavy atom. The molecule has 1 unspecified atom stereocenters. The van der Waals surface area contributed by atoms with E-state index in [4.69, 9.17) is 10.5 Å². The Morgan fingerprint density at radius 2 is 2.10 bits per heavy atom. The standard InChI is InChI=1S/C15H24N2O3S/c1-4-17(9-13-7-8-20-10-13)21(18,19)15-11(2)5-6-14(16)12(15)3/h5-6,13H,4,7-10,16H2,1-3H3. The molecule has 0 radical (unpaired) electrons. The first-order valence-corrected chi connectivity index (χ1v) is 8.75. The quantitative estimate of drug-likeness (QED) is 0.843. The van der Waals surface area contributed by atoms with Gasteiger partial charge in [0.25, 0.3) is 0 Å². The van der Waals surface area contributed by atoms with Crippen molar-refractivity contribution in [2.75, 3.05) is 32.0 Å². The van der Waals surface area contributed by atoms with Gasteiger partial charge in [0.05, 0.1) is 11.5 Å². The second-order valence-electron chi connectivity index (χ2n) is 5.61. The third kappa shape index (κ3) is 3.22. The van der Waals surface area contributed by atoms with Crippen LogP contribution in [0.4, 0.5) is 5.69 Å². The largest absolute Gasteiger partial charge is 0.398 e. The first-order valence-electron chi connectivity index (χ1n) is 7.31. The maximum absolute atomic E-state index is 13.0. The summed E-state index contributed by atoms with van der Waals surface area (Å²) >= 11 is 0. The summed E-state index contributed by atoms with van der Waals surface area (Å²) in [5.74, 6) is 0.279. The van der Waals surface area contributed by atoms with Gasteiger partial charge in [-0.1, -0.05) is 13.0 Å². The van der Waals surface area contributed by atoms with Gasteiger partial charge < -0.3 is 10.5 Å². The minimum absolute atomic E-state index is 0.279. The zero-order chi connectivity index (χ0) is 15.6. The van der Waals surface area contributed by atoms with Crippen LogP contribution >= 0.6 is 0 Å². The smallest absolute Gasteiger partial charge is 0.243 e. The van der Waals surface area contributed by atoms with Gasteiger partial charge in [0, 0.05) is 25.4 Å². The average molecular weight is 312 g/mol. The van der Waals surface area contributed by atoms with E-state index in [0.717, 1.165) is 18.6 Å². The minimum atomic E-state index is -3.52. The molecule has 1 aromatic rings. The van der Waals surface area contributed by atoms with E-state index in [2.05, 4.69) is 0 Å². The number of hydrogen-bond acceptors (Lipinski definition) is 4. The van der Waals surface area contributed by atoms with Crippen molar-refractivity contribution in [2.24, 2.45) is 5.92 Å². The lowest BCUT2D eigenvalue weighted by Crippen LogP contribution is -2.36. The highest BCUT2D eigenvalue weighted by molar-refractivity contribution is 7.89. The van der Waals surface area contributed by atoms with Crippen molar-refractivity contribution in [2.45, 2.75) is 32.1 Å². The number of nitrogens with zero attached hydrogens (tertiary/aromatic N) is 1. The molecule has 0 bridgehead atoms. The first kappa shape index (κ1) is 16.3. The number of nitrogen functional groups attached to an aromatic ring is 1. The van der Waals surface area contributed by atoms with Crippen molar-refractivity contribution in [3.05, 3.63) is 23.3 Å². The van der Waals surface area contributed by atoms with Crippen LogP contribution < -0.4 is 5.73 Å². The van der Waals surface area contributed by atoms with Gasteiger partial charge in [0.1, 0.15) is 0 Å². The molecule has 0 aliphatic carbocycles. The summed E-state index contributed by atoms with van der Waals surface area (Å²) in [5.41, 5.74) is 7.78. The molecule has 1 saturated heterocycles. The molecule has 6 heteroatoms. The van der Waals surface area contributed by atoms with Gasteiger partial charge in [-0.15, -0.1) is 0 Å². The van der Waals surface area contributed by atoms with Crippen LogP contribution in [-0.2, 0) is 14.8 Å². The van der Waals surface area contributed by atoms with Crippen molar-refractivity contribution in [3.8, 4) is 0 Å². The molecular weight excluding hydrogens is 288 g/mol. The van der Waals surface area contributed by atoms with E-state index < -0.39 is 10.0 Å². The highest BCUT2D eigenvalue weighted by atomic mass is 32.2. The number of hydrogen-bond donors (Lipinski definition) is 1.